The summed E-state index contributed by atoms with van der Waals surface area (Å²) in [5.74, 6) is -0.950. The van der Waals surface area contributed by atoms with E-state index in [-0.39, 0.29) is 24.7 Å². The van der Waals surface area contributed by atoms with E-state index in [2.05, 4.69) is 31.3 Å². The monoisotopic (exact) mass is 710 g/mol. The first kappa shape index (κ1) is 34.1. The number of aromatic nitrogens is 6. The van der Waals surface area contributed by atoms with Gasteiger partial charge in [-0.05, 0) is 35.4 Å². The minimum atomic E-state index is -1.09. The Bertz CT molecular complexity index is 1940. The average molecular weight is 711 g/mol. The summed E-state index contributed by atoms with van der Waals surface area (Å²) >= 11 is 0. The van der Waals surface area contributed by atoms with Crippen LogP contribution in [-0.4, -0.2) is 77.6 Å². The average Bonchev–Trinajstić information content (AvgIpc) is 3.79. The molecule has 2 amide bonds. The molecule has 2 N–H and O–H groups in total. The molecule has 16 heteroatoms. The van der Waals surface area contributed by atoms with E-state index in [0.29, 0.717) is 22.1 Å². The molecule has 6 rings (SSSR count). The number of nitrogens with zero attached hydrogens (tertiary/aromatic N) is 6. The number of rotatable bonds is 13. The fraction of sp³-hybridized carbons (Fsp3) is 0.176. The molecule has 2 heterocycles. The Labute approximate surface area is 293 Å². The summed E-state index contributed by atoms with van der Waals surface area (Å²) in [4.78, 5) is 53.1. The van der Waals surface area contributed by atoms with E-state index in [4.69, 9.17) is 9.47 Å². The van der Waals surface area contributed by atoms with Gasteiger partial charge >= 0.3 is 12.2 Å². The number of hydrogen-bond donors (Lipinski definition) is 2. The van der Waals surface area contributed by atoms with Crippen molar-refractivity contribution in [2.24, 2.45) is 0 Å². The molecule has 2 aromatic heterocycles. The summed E-state index contributed by atoms with van der Waals surface area (Å²) in [6.45, 7) is 0.0169. The number of amides is 2. The first-order chi connectivity index (χ1) is 24.5. The molecule has 4 aromatic carbocycles. The molecule has 0 aliphatic carbocycles. The smallest absolute Gasteiger partial charge is 0.408 e. The fourth-order valence-corrected chi connectivity index (χ4v) is 7.06. The molecule has 0 saturated heterocycles. The zero-order chi connectivity index (χ0) is 34.7. The van der Waals surface area contributed by atoms with Crippen molar-refractivity contribution >= 4 is 67.7 Å². The minimum Gasteiger partial charge on any atom is -0.445 e. The predicted molar refractivity (Wildman–Crippen MR) is 188 cm³/mol. The Balaban J connectivity index is 1.14. The second-order valence-electron chi connectivity index (χ2n) is 10.7. The normalized spacial score (nSPS) is 12.2. The molecule has 14 nitrogen and oxygen atoms in total. The molecular weight excluding hydrogens is 681 g/mol. The molecule has 0 saturated carbocycles. The maximum absolute atomic E-state index is 13.7. The van der Waals surface area contributed by atoms with Crippen molar-refractivity contribution in [3.05, 3.63) is 120 Å². The van der Waals surface area contributed by atoms with Crippen LogP contribution in [0.15, 0.2) is 109 Å². The Morgan fingerprint density at radius 2 is 0.940 bits per heavy atom. The summed E-state index contributed by atoms with van der Waals surface area (Å²) in [6, 6.07) is 30.0. The summed E-state index contributed by atoms with van der Waals surface area (Å²) in [5, 5.41) is 21.4. The zero-order valence-corrected chi connectivity index (χ0v) is 28.0. The second kappa shape index (κ2) is 16.6. The number of para-hydroxylation sites is 2. The Morgan fingerprint density at radius 3 is 1.36 bits per heavy atom. The van der Waals surface area contributed by atoms with Crippen LogP contribution in [0.2, 0.25) is 0 Å². The van der Waals surface area contributed by atoms with Gasteiger partial charge in [0.1, 0.15) is 36.3 Å². The van der Waals surface area contributed by atoms with Gasteiger partial charge in [-0.15, -0.1) is 10.2 Å². The third kappa shape index (κ3) is 8.64. The summed E-state index contributed by atoms with van der Waals surface area (Å²) < 4.78 is 13.0. The van der Waals surface area contributed by atoms with E-state index in [9.17, 15) is 19.2 Å². The highest BCUT2D eigenvalue weighted by molar-refractivity contribution is 8.76. The molecule has 50 heavy (non-hydrogen) atoms. The number of hydrogen-bond acceptors (Lipinski definition) is 12. The lowest BCUT2D eigenvalue weighted by atomic mass is 10.2. The lowest BCUT2D eigenvalue weighted by Gasteiger charge is -2.19. The Hall–Kier alpha value is -5.74. The highest BCUT2D eigenvalue weighted by Crippen LogP contribution is 2.25. The molecule has 0 aliphatic heterocycles. The number of alkyl carbamates (subject to hydrolysis) is 2. The van der Waals surface area contributed by atoms with Gasteiger partial charge in [-0.1, -0.05) is 117 Å². The standard InChI is InChI=1S/C34H30N8O6S2/c43-31(41-29-17-9-7-15-25(29)37-39-41)27(35-33(45)47-19-23-11-3-1-4-12-23)21-49-50-22-28(36-34(46)48-20-24-13-5-2-6-14-24)32(44)42-30-18-10-8-16-26(30)38-40-42/h1-18,27-28H,19-22H2,(H,35,45)(H,36,46)/t27-,28-/m0/s1. The van der Waals surface area contributed by atoms with Crippen molar-refractivity contribution in [3.63, 3.8) is 0 Å². The second-order valence-corrected chi connectivity index (χ2v) is 13.3. The lowest BCUT2D eigenvalue weighted by molar-refractivity contribution is 0.0833. The van der Waals surface area contributed by atoms with Crippen LogP contribution in [0.25, 0.3) is 22.1 Å². The van der Waals surface area contributed by atoms with Crippen LogP contribution in [0.4, 0.5) is 9.59 Å². The third-order valence-corrected chi connectivity index (χ3v) is 9.70. The molecule has 2 atom stereocenters. The van der Waals surface area contributed by atoms with Crippen molar-refractivity contribution in [2.75, 3.05) is 11.5 Å². The largest absolute Gasteiger partial charge is 0.445 e. The SMILES string of the molecule is O=C(N[C@@H](CSSC[C@H](NC(=O)OCc1ccccc1)C(=O)n1nnc2ccccc21)C(=O)n1nnc2ccccc21)OCc1ccccc1. The maximum atomic E-state index is 13.7. The first-order valence-electron chi connectivity index (χ1n) is 15.3. The van der Waals surface area contributed by atoms with Gasteiger partial charge < -0.3 is 20.1 Å². The van der Waals surface area contributed by atoms with Gasteiger partial charge in [-0.2, -0.15) is 9.36 Å². The van der Waals surface area contributed by atoms with Crippen molar-refractivity contribution in [1.82, 2.24) is 40.6 Å². The van der Waals surface area contributed by atoms with Crippen molar-refractivity contribution in [1.29, 1.82) is 0 Å². The Morgan fingerprint density at radius 1 is 0.560 bits per heavy atom. The predicted octanol–water partition coefficient (Wildman–Crippen LogP) is 5.13. The highest BCUT2D eigenvalue weighted by Gasteiger charge is 2.28. The van der Waals surface area contributed by atoms with Crippen LogP contribution >= 0.6 is 21.6 Å². The molecule has 0 spiro atoms. The lowest BCUT2D eigenvalue weighted by Crippen LogP contribution is -2.46. The van der Waals surface area contributed by atoms with E-state index in [1.165, 1.54) is 21.6 Å². The van der Waals surface area contributed by atoms with Crippen molar-refractivity contribution in [2.45, 2.75) is 25.3 Å². The number of fused-ring (bicyclic) bond motifs is 2. The van der Waals surface area contributed by atoms with Gasteiger partial charge in [0.05, 0.1) is 11.0 Å². The van der Waals surface area contributed by atoms with Gasteiger partial charge in [0.25, 0.3) is 11.8 Å². The van der Waals surface area contributed by atoms with E-state index >= 15 is 0 Å². The Kier molecular flexibility index (Phi) is 11.3. The van der Waals surface area contributed by atoms with Gasteiger partial charge in [0.2, 0.25) is 0 Å². The van der Waals surface area contributed by atoms with Crippen LogP contribution in [-0.2, 0) is 22.7 Å². The topological polar surface area (TPSA) is 172 Å². The highest BCUT2D eigenvalue weighted by atomic mass is 33.1. The maximum Gasteiger partial charge on any atom is 0.408 e. The van der Waals surface area contributed by atoms with Crippen LogP contribution in [0.1, 0.15) is 20.7 Å². The first-order valence-corrected chi connectivity index (χ1v) is 17.8. The molecule has 254 valence electrons. The molecule has 0 radical (unpaired) electrons. The van der Waals surface area contributed by atoms with E-state index in [0.717, 1.165) is 20.5 Å². The van der Waals surface area contributed by atoms with Crippen LogP contribution < -0.4 is 10.6 Å². The summed E-state index contributed by atoms with van der Waals surface area (Å²) in [6.07, 6.45) is -1.59. The van der Waals surface area contributed by atoms with Crippen LogP contribution in [0.5, 0.6) is 0 Å². The van der Waals surface area contributed by atoms with E-state index < -0.39 is 36.1 Å². The molecule has 6 aromatic rings. The fourth-order valence-electron chi connectivity index (χ4n) is 4.75. The number of carbonyl (C=O) groups is 4. The molecule has 0 fully saturated rings. The van der Waals surface area contributed by atoms with E-state index in [1.807, 2.05) is 60.7 Å². The van der Waals surface area contributed by atoms with Gasteiger partial charge in [-0.3, -0.25) is 9.59 Å². The van der Waals surface area contributed by atoms with Crippen molar-refractivity contribution in [3.8, 4) is 0 Å². The zero-order valence-electron chi connectivity index (χ0n) is 26.3. The number of nitrogens with one attached hydrogen (secondary N) is 2. The summed E-state index contributed by atoms with van der Waals surface area (Å²) in [5.41, 5.74) is 3.54. The number of benzene rings is 4. The van der Waals surface area contributed by atoms with Crippen LogP contribution in [0.3, 0.4) is 0 Å². The van der Waals surface area contributed by atoms with Gasteiger partial charge in [-0.25, -0.2) is 9.59 Å². The summed E-state index contributed by atoms with van der Waals surface area (Å²) in [7, 11) is 2.41. The van der Waals surface area contributed by atoms with Crippen LogP contribution in [0, 0.1) is 0 Å². The van der Waals surface area contributed by atoms with Gasteiger partial charge in [0.15, 0.2) is 0 Å². The number of ether oxygens (including phenoxy) is 2. The van der Waals surface area contributed by atoms with Gasteiger partial charge in [0, 0.05) is 11.5 Å². The molecule has 0 bridgehead atoms. The minimum absolute atomic E-state index is 0.00847. The van der Waals surface area contributed by atoms with Crippen molar-refractivity contribution < 1.29 is 28.7 Å². The van der Waals surface area contributed by atoms with E-state index in [1.54, 1.807) is 48.5 Å². The quantitative estimate of drug-likeness (QED) is 0.120. The molecular formula is C34H30N8O6S2. The molecule has 0 aliphatic rings. The number of carbonyl (C=O) groups excluding carboxylic acids is 4. The molecule has 0 unspecified atom stereocenters. The third-order valence-electron chi connectivity index (χ3n) is 7.28.